The van der Waals surface area contributed by atoms with Crippen molar-refractivity contribution in [3.05, 3.63) is 0 Å². The third kappa shape index (κ3) is 3.73. The molecule has 0 aromatic heterocycles. The zero-order chi connectivity index (χ0) is 8.32. The summed E-state index contributed by atoms with van der Waals surface area (Å²) in [6, 6.07) is 0. The van der Waals surface area contributed by atoms with Gasteiger partial charge in [0, 0.05) is 12.8 Å². The van der Waals surface area contributed by atoms with Gasteiger partial charge in [0.25, 0.3) is 0 Å². The summed E-state index contributed by atoms with van der Waals surface area (Å²) in [6.07, 6.45) is 3.92. The zero-order valence-electron chi connectivity index (χ0n) is 7.47. The maximum atomic E-state index is 9.27. The van der Waals surface area contributed by atoms with E-state index in [1.807, 2.05) is 0 Å². The summed E-state index contributed by atoms with van der Waals surface area (Å²) in [5.41, 5.74) is 0. The number of ether oxygens (including phenoxy) is 1. The Balaban J connectivity index is 1.88. The van der Waals surface area contributed by atoms with Crippen molar-refractivity contribution >= 4 is 0 Å². The summed E-state index contributed by atoms with van der Waals surface area (Å²) in [4.78, 5) is 0. The van der Waals surface area contributed by atoms with Crippen LogP contribution < -0.4 is 0 Å². The van der Waals surface area contributed by atoms with Crippen LogP contribution in [0.1, 0.15) is 39.5 Å². The Morgan fingerprint density at radius 1 is 1.45 bits per heavy atom. The summed E-state index contributed by atoms with van der Waals surface area (Å²) >= 11 is 0. The first-order chi connectivity index (χ1) is 5.12. The number of hydrogen-bond donors (Lipinski definition) is 1. The highest BCUT2D eigenvalue weighted by molar-refractivity contribution is 4.82. The van der Waals surface area contributed by atoms with E-state index in [-0.39, 0.29) is 0 Å². The van der Waals surface area contributed by atoms with E-state index in [0.29, 0.717) is 6.61 Å². The fraction of sp³-hybridized carbons (Fsp3) is 1.00. The van der Waals surface area contributed by atoms with Crippen molar-refractivity contribution in [3.63, 3.8) is 0 Å². The molecule has 0 aromatic rings. The van der Waals surface area contributed by atoms with Gasteiger partial charge in [-0.3, -0.25) is 0 Å². The van der Waals surface area contributed by atoms with E-state index in [9.17, 15) is 5.11 Å². The highest BCUT2D eigenvalue weighted by Crippen LogP contribution is 2.36. The molecule has 1 aliphatic rings. The number of hydrogen-bond acceptors (Lipinski definition) is 2. The van der Waals surface area contributed by atoms with Gasteiger partial charge >= 0.3 is 0 Å². The Labute approximate surface area is 68.6 Å². The van der Waals surface area contributed by atoms with Crippen LogP contribution >= 0.6 is 0 Å². The molecule has 66 valence electrons. The second-order valence-electron chi connectivity index (χ2n) is 3.83. The molecule has 2 heteroatoms. The molecule has 0 amide bonds. The van der Waals surface area contributed by atoms with Crippen LogP contribution in [-0.2, 0) is 4.74 Å². The van der Waals surface area contributed by atoms with Crippen LogP contribution in [0.2, 0.25) is 0 Å². The lowest BCUT2D eigenvalue weighted by Gasteiger charge is -2.09. The number of aliphatic hydroxyl groups is 1. The van der Waals surface area contributed by atoms with E-state index >= 15 is 0 Å². The Morgan fingerprint density at radius 2 is 2.09 bits per heavy atom. The normalized spacial score (nSPS) is 20.7. The fourth-order valence-corrected chi connectivity index (χ4v) is 1.01. The molecule has 1 fully saturated rings. The van der Waals surface area contributed by atoms with Gasteiger partial charge in [-0.15, -0.1) is 0 Å². The van der Waals surface area contributed by atoms with Gasteiger partial charge in [-0.2, -0.15) is 0 Å². The summed E-state index contributed by atoms with van der Waals surface area (Å²) < 4.78 is 5.25. The van der Waals surface area contributed by atoms with Crippen LogP contribution in [0.25, 0.3) is 0 Å². The first-order valence-electron chi connectivity index (χ1n) is 4.49. The molecule has 0 bridgehead atoms. The smallest absolute Gasteiger partial charge is 0.165 e. The molecule has 0 atom stereocenters. The topological polar surface area (TPSA) is 29.5 Å². The van der Waals surface area contributed by atoms with E-state index in [2.05, 4.69) is 13.8 Å². The van der Waals surface area contributed by atoms with Crippen molar-refractivity contribution < 1.29 is 9.84 Å². The van der Waals surface area contributed by atoms with Crippen molar-refractivity contribution in [1.82, 2.24) is 0 Å². The van der Waals surface area contributed by atoms with Crippen LogP contribution in [0.15, 0.2) is 0 Å². The van der Waals surface area contributed by atoms with E-state index in [1.165, 1.54) is 6.42 Å². The molecule has 0 radical (unpaired) electrons. The predicted molar refractivity (Wildman–Crippen MR) is 44.2 cm³/mol. The summed E-state index contributed by atoms with van der Waals surface area (Å²) in [7, 11) is 0. The lowest BCUT2D eigenvalue weighted by atomic mass is 10.1. The first kappa shape index (κ1) is 9.01. The molecule has 0 spiro atoms. The van der Waals surface area contributed by atoms with Gasteiger partial charge in [0.05, 0.1) is 6.61 Å². The molecule has 0 aromatic carbocycles. The fourth-order valence-electron chi connectivity index (χ4n) is 1.01. The number of rotatable bonds is 5. The lowest BCUT2D eigenvalue weighted by Crippen LogP contribution is -2.13. The minimum Gasteiger partial charge on any atom is -0.365 e. The second-order valence-corrected chi connectivity index (χ2v) is 3.83. The van der Waals surface area contributed by atoms with Crippen molar-refractivity contribution in [3.8, 4) is 0 Å². The average Bonchev–Trinajstić information content (AvgIpc) is 2.62. The second kappa shape index (κ2) is 3.55. The van der Waals surface area contributed by atoms with Gasteiger partial charge in [0.1, 0.15) is 0 Å². The van der Waals surface area contributed by atoms with Gasteiger partial charge in [0.2, 0.25) is 0 Å². The third-order valence-electron chi connectivity index (χ3n) is 1.97. The molecule has 1 rings (SSSR count). The molecule has 11 heavy (non-hydrogen) atoms. The Kier molecular flexibility index (Phi) is 2.90. The quantitative estimate of drug-likeness (QED) is 0.489. The van der Waals surface area contributed by atoms with E-state index in [4.69, 9.17) is 4.74 Å². The predicted octanol–water partition coefficient (Wildman–Crippen LogP) is 1.92. The molecule has 0 heterocycles. The van der Waals surface area contributed by atoms with E-state index in [1.54, 1.807) is 0 Å². The van der Waals surface area contributed by atoms with E-state index < -0.39 is 5.79 Å². The Bertz CT molecular complexity index is 117. The standard InChI is InChI=1S/C9H18O2/c1-8(2)4-3-7-11-9(10)5-6-9/h8,10H,3-7H2,1-2H3. The molecule has 2 nitrogen and oxygen atoms in total. The van der Waals surface area contributed by atoms with Gasteiger partial charge in [-0.1, -0.05) is 13.8 Å². The largest absolute Gasteiger partial charge is 0.365 e. The zero-order valence-corrected chi connectivity index (χ0v) is 7.47. The molecule has 1 aliphatic carbocycles. The maximum Gasteiger partial charge on any atom is 0.165 e. The van der Waals surface area contributed by atoms with Crippen LogP contribution in [0.5, 0.6) is 0 Å². The van der Waals surface area contributed by atoms with Crippen LogP contribution in [-0.4, -0.2) is 17.5 Å². The first-order valence-corrected chi connectivity index (χ1v) is 4.49. The van der Waals surface area contributed by atoms with Crippen LogP contribution in [0.3, 0.4) is 0 Å². The average molecular weight is 158 g/mol. The molecule has 0 aliphatic heterocycles. The van der Waals surface area contributed by atoms with E-state index in [0.717, 1.165) is 25.2 Å². The van der Waals surface area contributed by atoms with Gasteiger partial charge in [-0.05, 0) is 18.8 Å². The molecule has 1 N–H and O–H groups in total. The van der Waals surface area contributed by atoms with Crippen LogP contribution in [0.4, 0.5) is 0 Å². The molecule has 0 saturated heterocycles. The Hall–Kier alpha value is -0.0800. The molecular formula is C9H18O2. The van der Waals surface area contributed by atoms with Crippen molar-refractivity contribution in [2.75, 3.05) is 6.61 Å². The third-order valence-corrected chi connectivity index (χ3v) is 1.97. The van der Waals surface area contributed by atoms with Gasteiger partial charge in [0.15, 0.2) is 5.79 Å². The SMILES string of the molecule is CC(C)CCCOC1(O)CC1. The maximum absolute atomic E-state index is 9.27. The Morgan fingerprint density at radius 3 is 2.55 bits per heavy atom. The summed E-state index contributed by atoms with van der Waals surface area (Å²) in [6.45, 7) is 5.12. The molecule has 0 unspecified atom stereocenters. The minimum atomic E-state index is -0.711. The minimum absolute atomic E-state index is 0.711. The van der Waals surface area contributed by atoms with Crippen LogP contribution in [0, 0.1) is 5.92 Å². The van der Waals surface area contributed by atoms with Crippen molar-refractivity contribution in [2.24, 2.45) is 5.92 Å². The molecule has 1 saturated carbocycles. The monoisotopic (exact) mass is 158 g/mol. The molecular weight excluding hydrogens is 140 g/mol. The highest BCUT2D eigenvalue weighted by Gasteiger charge is 2.41. The summed E-state index contributed by atoms with van der Waals surface area (Å²) in [5.74, 6) is 0.0317. The lowest BCUT2D eigenvalue weighted by molar-refractivity contribution is -0.125. The van der Waals surface area contributed by atoms with Crippen molar-refractivity contribution in [1.29, 1.82) is 0 Å². The van der Waals surface area contributed by atoms with Crippen molar-refractivity contribution in [2.45, 2.75) is 45.3 Å². The van der Waals surface area contributed by atoms with Gasteiger partial charge in [-0.25, -0.2) is 0 Å². The summed E-state index contributed by atoms with van der Waals surface area (Å²) in [5, 5.41) is 9.27. The highest BCUT2D eigenvalue weighted by atomic mass is 16.6. The van der Waals surface area contributed by atoms with Gasteiger partial charge < -0.3 is 9.84 Å².